The van der Waals surface area contributed by atoms with Crippen LogP contribution in [0, 0.1) is 10.1 Å². The molecule has 4 rings (SSSR count). The molecule has 2 aromatic heterocycles. The summed E-state index contributed by atoms with van der Waals surface area (Å²) in [6, 6.07) is 13.4. The monoisotopic (exact) mass is 499 g/mol. The van der Waals surface area contributed by atoms with E-state index in [1.165, 1.54) is 0 Å². The Hall–Kier alpha value is -2.36. The van der Waals surface area contributed by atoms with E-state index in [0.717, 1.165) is 26.2 Å². The maximum absolute atomic E-state index is 8.36. The zero-order valence-electron chi connectivity index (χ0n) is 15.8. The number of imidazole rings is 1. The fraction of sp³-hybridized carbons (Fsp3) is 0.150. The lowest BCUT2D eigenvalue weighted by atomic mass is 10.1. The molecule has 162 valence electrons. The molecule has 2 unspecified atom stereocenters. The highest BCUT2D eigenvalue weighted by Crippen LogP contribution is 2.37. The Labute approximate surface area is 196 Å². The minimum Gasteiger partial charge on any atom is -0.365 e. The van der Waals surface area contributed by atoms with Crippen LogP contribution in [0.5, 0.6) is 0 Å². The van der Waals surface area contributed by atoms with Crippen LogP contribution in [-0.4, -0.2) is 19.8 Å². The van der Waals surface area contributed by atoms with Gasteiger partial charge in [-0.3, -0.25) is 0 Å². The second kappa shape index (κ2) is 10.8. The summed E-state index contributed by atoms with van der Waals surface area (Å²) < 4.78 is 9.18. The first-order valence-electron chi connectivity index (χ1n) is 8.83. The molecule has 0 spiro atoms. The van der Waals surface area contributed by atoms with Crippen LogP contribution in [-0.2, 0) is 11.3 Å². The predicted molar refractivity (Wildman–Crippen MR) is 122 cm³/mol. The molecule has 4 aromatic rings. The molecule has 0 saturated heterocycles. The standard InChI is InChI=1S/C20H15Cl3N2OS.HNO3/c21-15-6-4-13(5-7-15)18(20(23)25-9-8-24-12-25)26-10-14-11-27-19-16(14)2-1-3-17(19)22;2-1(3)4/h1-9,11-12,18,20H,10H2;(H,2,3,4). The summed E-state index contributed by atoms with van der Waals surface area (Å²) in [6.07, 6.45) is 4.84. The molecule has 31 heavy (non-hydrogen) atoms. The average molecular weight is 501 g/mol. The smallest absolute Gasteiger partial charge is 0.291 e. The van der Waals surface area contributed by atoms with Crippen molar-refractivity contribution in [3.8, 4) is 0 Å². The number of hydrogen-bond donors (Lipinski definition) is 1. The Morgan fingerprint density at radius 1 is 1.23 bits per heavy atom. The van der Waals surface area contributed by atoms with Gasteiger partial charge in [0.2, 0.25) is 0 Å². The molecule has 0 fully saturated rings. The topological polar surface area (TPSA) is 90.4 Å². The molecule has 0 radical (unpaired) electrons. The van der Waals surface area contributed by atoms with Crippen LogP contribution in [0.2, 0.25) is 10.0 Å². The van der Waals surface area contributed by atoms with Crippen molar-refractivity contribution in [1.29, 1.82) is 0 Å². The maximum Gasteiger partial charge on any atom is 0.291 e. The Kier molecular flexibility index (Phi) is 8.11. The number of rotatable bonds is 6. The fourth-order valence-corrected chi connectivity index (χ4v) is 4.65. The van der Waals surface area contributed by atoms with Gasteiger partial charge < -0.3 is 14.5 Å². The molecule has 2 atom stereocenters. The number of fused-ring (bicyclic) bond motifs is 1. The molecule has 0 saturated carbocycles. The van der Waals surface area contributed by atoms with Crippen LogP contribution in [0.1, 0.15) is 22.7 Å². The van der Waals surface area contributed by atoms with Gasteiger partial charge in [0.1, 0.15) is 11.6 Å². The summed E-state index contributed by atoms with van der Waals surface area (Å²) in [6.45, 7) is 0.422. The molecule has 0 amide bonds. The van der Waals surface area contributed by atoms with Crippen LogP contribution < -0.4 is 0 Å². The van der Waals surface area contributed by atoms with E-state index in [1.807, 2.05) is 47.2 Å². The van der Waals surface area contributed by atoms with Gasteiger partial charge in [-0.15, -0.1) is 21.5 Å². The summed E-state index contributed by atoms with van der Waals surface area (Å²) >= 11 is 20.7. The number of ether oxygens (including phenoxy) is 1. The molecule has 2 heterocycles. The molecule has 0 aliphatic heterocycles. The van der Waals surface area contributed by atoms with Crippen molar-refractivity contribution in [2.24, 2.45) is 0 Å². The van der Waals surface area contributed by atoms with Crippen LogP contribution in [0.3, 0.4) is 0 Å². The van der Waals surface area contributed by atoms with E-state index in [0.29, 0.717) is 11.6 Å². The minimum atomic E-state index is -1.50. The zero-order chi connectivity index (χ0) is 22.4. The van der Waals surface area contributed by atoms with Crippen molar-refractivity contribution in [1.82, 2.24) is 9.55 Å². The number of alkyl halides is 1. The predicted octanol–water partition coefficient (Wildman–Crippen LogP) is 6.75. The van der Waals surface area contributed by atoms with Crippen molar-refractivity contribution in [2.75, 3.05) is 0 Å². The Balaban J connectivity index is 0.000000628. The SMILES string of the molecule is Clc1ccc(C(OCc2csc3c(Cl)cccc23)C(Cl)n2ccnc2)cc1.O=[N+]([O-])O. The molecular formula is C20H16Cl3N3O4S. The summed E-state index contributed by atoms with van der Waals surface area (Å²) in [5, 5.41) is 18.3. The van der Waals surface area contributed by atoms with Crippen molar-refractivity contribution in [3.05, 3.63) is 97.9 Å². The average Bonchev–Trinajstić information content (AvgIpc) is 3.40. The van der Waals surface area contributed by atoms with Gasteiger partial charge in [-0.05, 0) is 40.1 Å². The largest absolute Gasteiger partial charge is 0.365 e. The van der Waals surface area contributed by atoms with E-state index in [4.69, 9.17) is 54.9 Å². The number of aromatic nitrogens is 2. The second-order valence-electron chi connectivity index (χ2n) is 6.28. The van der Waals surface area contributed by atoms with E-state index in [-0.39, 0.29) is 6.10 Å². The normalized spacial score (nSPS) is 12.7. The Morgan fingerprint density at radius 3 is 2.58 bits per heavy atom. The fourth-order valence-electron chi connectivity index (χ4n) is 2.92. The Morgan fingerprint density at radius 2 is 1.94 bits per heavy atom. The van der Waals surface area contributed by atoms with Crippen LogP contribution in [0.15, 0.2) is 66.6 Å². The first-order chi connectivity index (χ1) is 14.9. The van der Waals surface area contributed by atoms with Gasteiger partial charge in [-0.25, -0.2) is 4.98 Å². The first-order valence-corrected chi connectivity index (χ1v) is 10.9. The van der Waals surface area contributed by atoms with Gasteiger partial charge in [0.15, 0.2) is 0 Å². The summed E-state index contributed by atoms with van der Waals surface area (Å²) in [7, 11) is 0. The molecule has 0 aliphatic rings. The maximum atomic E-state index is 8.36. The Bertz CT molecular complexity index is 1130. The van der Waals surface area contributed by atoms with E-state index in [2.05, 4.69) is 16.4 Å². The highest BCUT2D eigenvalue weighted by molar-refractivity contribution is 7.18. The van der Waals surface area contributed by atoms with Crippen molar-refractivity contribution < 1.29 is 15.0 Å². The quantitative estimate of drug-likeness (QED) is 0.180. The third kappa shape index (κ3) is 6.09. The molecule has 0 bridgehead atoms. The number of hydrogen-bond acceptors (Lipinski definition) is 5. The van der Waals surface area contributed by atoms with E-state index >= 15 is 0 Å². The molecule has 2 aromatic carbocycles. The van der Waals surface area contributed by atoms with E-state index < -0.39 is 10.6 Å². The number of halogens is 3. The third-order valence-electron chi connectivity index (χ3n) is 4.31. The molecule has 1 N–H and O–H groups in total. The molecule has 11 heteroatoms. The zero-order valence-corrected chi connectivity index (χ0v) is 18.9. The van der Waals surface area contributed by atoms with Crippen molar-refractivity contribution in [2.45, 2.75) is 18.2 Å². The summed E-state index contributed by atoms with van der Waals surface area (Å²) in [5.74, 6) is 0. The van der Waals surface area contributed by atoms with Crippen LogP contribution >= 0.6 is 46.1 Å². The second-order valence-corrected chi connectivity index (χ2v) is 8.45. The van der Waals surface area contributed by atoms with E-state index in [1.54, 1.807) is 23.9 Å². The van der Waals surface area contributed by atoms with Gasteiger partial charge >= 0.3 is 0 Å². The van der Waals surface area contributed by atoms with Gasteiger partial charge in [0, 0.05) is 17.4 Å². The van der Waals surface area contributed by atoms with Crippen LogP contribution in [0.4, 0.5) is 0 Å². The molecular weight excluding hydrogens is 485 g/mol. The van der Waals surface area contributed by atoms with Gasteiger partial charge in [0.05, 0.1) is 22.7 Å². The van der Waals surface area contributed by atoms with Crippen molar-refractivity contribution >= 4 is 56.2 Å². The van der Waals surface area contributed by atoms with E-state index in [9.17, 15) is 0 Å². The van der Waals surface area contributed by atoms with Gasteiger partial charge in [-0.2, -0.15) is 0 Å². The van der Waals surface area contributed by atoms with Gasteiger partial charge in [-0.1, -0.05) is 59.1 Å². The lowest BCUT2D eigenvalue weighted by Gasteiger charge is -2.24. The van der Waals surface area contributed by atoms with Crippen LogP contribution in [0.25, 0.3) is 10.1 Å². The molecule has 0 aliphatic carbocycles. The highest BCUT2D eigenvalue weighted by atomic mass is 35.5. The lowest BCUT2D eigenvalue weighted by molar-refractivity contribution is -0.742. The molecule has 7 nitrogen and oxygen atoms in total. The number of benzene rings is 2. The summed E-state index contributed by atoms with van der Waals surface area (Å²) in [4.78, 5) is 12.4. The number of nitrogens with zero attached hydrogens (tertiary/aromatic N) is 3. The first kappa shape index (κ1) is 23.3. The third-order valence-corrected chi connectivity index (χ3v) is 6.52. The van der Waals surface area contributed by atoms with Crippen molar-refractivity contribution in [3.63, 3.8) is 0 Å². The highest BCUT2D eigenvalue weighted by Gasteiger charge is 2.24. The van der Waals surface area contributed by atoms with Gasteiger partial charge in [0.25, 0.3) is 5.09 Å². The number of thiophene rings is 1. The minimum absolute atomic E-state index is 0.368. The summed E-state index contributed by atoms with van der Waals surface area (Å²) in [5.41, 5.74) is 1.60. The lowest BCUT2D eigenvalue weighted by Crippen LogP contribution is -2.15.